The van der Waals surface area contributed by atoms with Crippen molar-refractivity contribution < 1.29 is 9.90 Å². The van der Waals surface area contributed by atoms with Gasteiger partial charge in [0, 0.05) is 34.9 Å². The topological polar surface area (TPSA) is 62.2 Å². The Morgan fingerprint density at radius 1 is 1.23 bits per heavy atom. The first-order valence-electron chi connectivity index (χ1n) is 7.40. The van der Waals surface area contributed by atoms with E-state index < -0.39 is 5.97 Å². The van der Waals surface area contributed by atoms with E-state index in [1.165, 1.54) is 0 Å². The maximum atomic E-state index is 11.2. The number of benzene rings is 2. The summed E-state index contributed by atoms with van der Waals surface area (Å²) in [6.45, 7) is 4.26. The third-order valence-corrected chi connectivity index (χ3v) is 4.01. The second-order valence-electron chi connectivity index (χ2n) is 5.54. The number of rotatable bonds is 4. The third-order valence-electron chi connectivity index (χ3n) is 4.01. The number of fused-ring (bicyclic) bond motifs is 3. The molecule has 0 bridgehead atoms. The van der Waals surface area contributed by atoms with Crippen LogP contribution in [-0.2, 0) is 0 Å². The van der Waals surface area contributed by atoms with Crippen molar-refractivity contribution in [1.29, 1.82) is 0 Å². The summed E-state index contributed by atoms with van der Waals surface area (Å²) in [5, 5.41) is 16.7. The summed E-state index contributed by atoms with van der Waals surface area (Å²) in [4.78, 5) is 15.4. The SMILES string of the molecule is CCC(C)Nc1cc2cc(C(=O)O)ccc2c2cnccc12. The van der Waals surface area contributed by atoms with Crippen molar-refractivity contribution in [2.45, 2.75) is 26.3 Å². The molecule has 0 spiro atoms. The van der Waals surface area contributed by atoms with E-state index in [1.54, 1.807) is 18.3 Å². The number of carboxylic acid groups (broad SMARTS) is 1. The van der Waals surface area contributed by atoms with Crippen LogP contribution >= 0.6 is 0 Å². The molecule has 0 amide bonds. The predicted octanol–water partition coefficient (Wildman–Crippen LogP) is 4.30. The molecule has 0 radical (unpaired) electrons. The molecule has 1 heterocycles. The average molecular weight is 294 g/mol. The van der Waals surface area contributed by atoms with Gasteiger partial charge in [-0.25, -0.2) is 4.79 Å². The molecular formula is C18H18N2O2. The second-order valence-corrected chi connectivity index (χ2v) is 5.54. The molecule has 1 unspecified atom stereocenters. The Bertz CT molecular complexity index is 858. The molecule has 0 aliphatic heterocycles. The summed E-state index contributed by atoms with van der Waals surface area (Å²) in [6, 6.07) is 9.57. The van der Waals surface area contributed by atoms with Gasteiger partial charge in [0.05, 0.1) is 5.56 Å². The number of pyridine rings is 1. The number of aromatic nitrogens is 1. The molecule has 22 heavy (non-hydrogen) atoms. The molecule has 2 aromatic carbocycles. The minimum Gasteiger partial charge on any atom is -0.478 e. The first kappa shape index (κ1) is 14.3. The van der Waals surface area contributed by atoms with Gasteiger partial charge < -0.3 is 10.4 Å². The van der Waals surface area contributed by atoms with Crippen LogP contribution in [0.4, 0.5) is 5.69 Å². The summed E-state index contributed by atoms with van der Waals surface area (Å²) in [5.41, 5.74) is 1.31. The molecule has 0 saturated carbocycles. The summed E-state index contributed by atoms with van der Waals surface area (Å²) in [7, 11) is 0. The Kier molecular flexibility index (Phi) is 3.67. The monoisotopic (exact) mass is 294 g/mol. The molecular weight excluding hydrogens is 276 g/mol. The van der Waals surface area contributed by atoms with Crippen molar-refractivity contribution in [3.05, 3.63) is 48.3 Å². The van der Waals surface area contributed by atoms with Crippen molar-refractivity contribution in [2.75, 3.05) is 5.32 Å². The lowest BCUT2D eigenvalue weighted by molar-refractivity contribution is 0.0697. The molecule has 0 aliphatic rings. The van der Waals surface area contributed by atoms with Gasteiger partial charge in [-0.1, -0.05) is 13.0 Å². The van der Waals surface area contributed by atoms with E-state index in [-0.39, 0.29) is 0 Å². The molecule has 112 valence electrons. The van der Waals surface area contributed by atoms with Gasteiger partial charge in [-0.2, -0.15) is 0 Å². The highest BCUT2D eigenvalue weighted by molar-refractivity contribution is 6.13. The van der Waals surface area contributed by atoms with Crippen LogP contribution in [0.25, 0.3) is 21.5 Å². The first-order valence-corrected chi connectivity index (χ1v) is 7.40. The number of hydrogen-bond donors (Lipinski definition) is 2. The molecule has 1 atom stereocenters. The highest BCUT2D eigenvalue weighted by Gasteiger charge is 2.10. The lowest BCUT2D eigenvalue weighted by atomic mass is 9.99. The Labute approximate surface area is 128 Å². The smallest absolute Gasteiger partial charge is 0.335 e. The van der Waals surface area contributed by atoms with Crippen molar-refractivity contribution in [1.82, 2.24) is 4.98 Å². The van der Waals surface area contributed by atoms with E-state index in [0.717, 1.165) is 33.7 Å². The quantitative estimate of drug-likeness (QED) is 0.704. The standard InChI is InChI=1S/C18H18N2O2/c1-3-11(2)20-17-9-13-8-12(18(21)22)4-5-14(13)16-10-19-7-6-15(16)17/h4-11,20H,3H2,1-2H3,(H,21,22). The molecule has 0 saturated heterocycles. The van der Waals surface area contributed by atoms with Crippen LogP contribution < -0.4 is 5.32 Å². The van der Waals surface area contributed by atoms with Crippen molar-refractivity contribution in [3.63, 3.8) is 0 Å². The zero-order valence-corrected chi connectivity index (χ0v) is 12.6. The largest absolute Gasteiger partial charge is 0.478 e. The number of anilines is 1. The van der Waals surface area contributed by atoms with Crippen LogP contribution in [0.15, 0.2) is 42.7 Å². The van der Waals surface area contributed by atoms with Crippen molar-refractivity contribution in [2.24, 2.45) is 0 Å². The van der Waals surface area contributed by atoms with E-state index in [9.17, 15) is 9.90 Å². The first-order chi connectivity index (χ1) is 10.6. The van der Waals surface area contributed by atoms with Crippen LogP contribution in [0.2, 0.25) is 0 Å². The van der Waals surface area contributed by atoms with Gasteiger partial charge in [0.25, 0.3) is 0 Å². The van der Waals surface area contributed by atoms with Crippen LogP contribution in [0.1, 0.15) is 30.6 Å². The third kappa shape index (κ3) is 2.48. The second kappa shape index (κ2) is 5.64. The van der Waals surface area contributed by atoms with E-state index in [2.05, 4.69) is 24.1 Å². The summed E-state index contributed by atoms with van der Waals surface area (Å²) in [5.74, 6) is -0.912. The molecule has 1 aromatic heterocycles. The predicted molar refractivity (Wildman–Crippen MR) is 89.6 cm³/mol. The minimum absolute atomic E-state index is 0.297. The Morgan fingerprint density at radius 2 is 2.05 bits per heavy atom. The Hall–Kier alpha value is -2.62. The summed E-state index contributed by atoms with van der Waals surface area (Å²) in [6.07, 6.45) is 4.63. The number of nitrogens with one attached hydrogen (secondary N) is 1. The number of nitrogens with zero attached hydrogens (tertiary/aromatic N) is 1. The van der Waals surface area contributed by atoms with Crippen molar-refractivity contribution in [3.8, 4) is 0 Å². The maximum Gasteiger partial charge on any atom is 0.335 e. The average Bonchev–Trinajstić information content (AvgIpc) is 2.54. The minimum atomic E-state index is -0.912. The van der Waals surface area contributed by atoms with E-state index in [4.69, 9.17) is 0 Å². The van der Waals surface area contributed by atoms with Crippen LogP contribution in [0.3, 0.4) is 0 Å². The fourth-order valence-electron chi connectivity index (χ4n) is 2.62. The zero-order chi connectivity index (χ0) is 15.7. The van der Waals surface area contributed by atoms with Gasteiger partial charge in [-0.3, -0.25) is 4.98 Å². The summed E-state index contributed by atoms with van der Waals surface area (Å²) >= 11 is 0. The normalized spacial score (nSPS) is 12.5. The maximum absolute atomic E-state index is 11.2. The van der Waals surface area contributed by atoms with Gasteiger partial charge in [0.2, 0.25) is 0 Å². The molecule has 0 aliphatic carbocycles. The molecule has 3 aromatic rings. The fraction of sp³-hybridized carbons (Fsp3) is 0.222. The van der Waals surface area contributed by atoms with Crippen LogP contribution in [-0.4, -0.2) is 22.1 Å². The van der Waals surface area contributed by atoms with E-state index >= 15 is 0 Å². The number of carboxylic acids is 1. The van der Waals surface area contributed by atoms with Gasteiger partial charge in [-0.15, -0.1) is 0 Å². The number of carbonyl (C=O) groups is 1. The van der Waals surface area contributed by atoms with Gasteiger partial charge in [0.1, 0.15) is 0 Å². The molecule has 3 rings (SSSR count). The number of hydrogen-bond acceptors (Lipinski definition) is 3. The van der Waals surface area contributed by atoms with Gasteiger partial charge >= 0.3 is 5.97 Å². The molecule has 2 N–H and O–H groups in total. The zero-order valence-electron chi connectivity index (χ0n) is 12.6. The van der Waals surface area contributed by atoms with Crippen molar-refractivity contribution >= 4 is 33.2 Å². The summed E-state index contributed by atoms with van der Waals surface area (Å²) < 4.78 is 0. The van der Waals surface area contributed by atoms with E-state index in [1.807, 2.05) is 24.4 Å². The molecule has 4 nitrogen and oxygen atoms in total. The highest BCUT2D eigenvalue weighted by atomic mass is 16.4. The Balaban J connectivity index is 2.29. The molecule has 4 heteroatoms. The lowest BCUT2D eigenvalue weighted by Gasteiger charge is -2.17. The fourth-order valence-corrected chi connectivity index (χ4v) is 2.62. The lowest BCUT2D eigenvalue weighted by Crippen LogP contribution is -2.13. The van der Waals surface area contributed by atoms with E-state index in [0.29, 0.717) is 11.6 Å². The van der Waals surface area contributed by atoms with Gasteiger partial charge in [-0.05, 0) is 48.4 Å². The number of aromatic carboxylic acids is 1. The van der Waals surface area contributed by atoms with Crippen LogP contribution in [0, 0.1) is 0 Å². The van der Waals surface area contributed by atoms with Gasteiger partial charge in [0.15, 0.2) is 0 Å². The van der Waals surface area contributed by atoms with Crippen LogP contribution in [0.5, 0.6) is 0 Å². The highest BCUT2D eigenvalue weighted by Crippen LogP contribution is 2.32. The molecule has 0 fully saturated rings. The Morgan fingerprint density at radius 3 is 2.77 bits per heavy atom.